The summed E-state index contributed by atoms with van der Waals surface area (Å²) >= 11 is 0. The van der Waals surface area contributed by atoms with Crippen molar-refractivity contribution in [3.8, 4) is 0 Å². The van der Waals surface area contributed by atoms with Crippen LogP contribution in [-0.4, -0.2) is 345 Å². The average Bonchev–Trinajstić information content (AvgIpc) is 0.851. The number of hydrogen-bond donors (Lipinski definition) is 0. The topological polar surface area (TPSA) is 676 Å². The van der Waals surface area contributed by atoms with Crippen molar-refractivity contribution in [2.24, 2.45) is 0 Å². The Morgan fingerprint density at radius 3 is 0.585 bits per heavy atom. The molecule has 0 bridgehead atoms. The van der Waals surface area contributed by atoms with E-state index in [1.807, 2.05) is 0 Å². The molecular formula is C9H32O41Si44. The SMILES string of the molecule is C[SiH](O[SiH2][Si](=O)[Si](=O)[Si](=O)[Si](=O)[Si](=O)[Si](=O)[Si](=O)[Si](=O)[Si](=O)[Si](=O)[Si](=O)[Si](=O)[Si](=O)[Si](=O)[Si](=O)[Si](=O)[Si](=O)[Si](=O)[Si](=O)[Si](=O)[Si](=O)[Si](=O)[Si](=O)[Si](=O)[Si](=O)[Si](C)(C)O[Si](C)(C)C)[Si](=O)[Si](=O)[Si](=O)[Si](=O)[Si](=O)[Si](=O)[Si](=O)[Si](=O)[Si](=O)[Si](=O)[Si](=O)[Si](=O)[Si](=O)[SiH2]O[Si](C)(C)C. The van der Waals surface area contributed by atoms with Gasteiger partial charge in [0.25, 0.3) is 0 Å². The molecule has 0 saturated carbocycles. The molecule has 0 aliphatic heterocycles. The lowest BCUT2D eigenvalue weighted by Gasteiger charge is -2.28. The molecule has 1 atom stereocenters. The summed E-state index contributed by atoms with van der Waals surface area (Å²) in [6.45, 7) is 13.6. The highest BCUT2D eigenvalue weighted by molar-refractivity contribution is 7.85. The highest BCUT2D eigenvalue weighted by Gasteiger charge is 2.60. The first-order chi connectivity index (χ1) is 42.4. The Morgan fingerprint density at radius 1 is 0.223 bits per heavy atom. The van der Waals surface area contributed by atoms with Crippen LogP contribution in [0.2, 0.25) is 58.9 Å². The highest BCUT2D eigenvalue weighted by Crippen LogP contribution is 2.14. The van der Waals surface area contributed by atoms with E-state index in [4.69, 9.17) is 12.3 Å². The molecule has 94 heavy (non-hydrogen) atoms. The lowest BCUT2D eigenvalue weighted by Crippen LogP contribution is -2.59. The first-order valence-electron chi connectivity index (χ1n) is 24.0. The maximum absolute atomic E-state index is 13.0. The van der Waals surface area contributed by atoms with Crippen molar-refractivity contribution in [3.63, 3.8) is 0 Å². The van der Waals surface area contributed by atoms with Crippen LogP contribution in [0, 0.1) is 0 Å². The summed E-state index contributed by atoms with van der Waals surface area (Å²) in [5, 5.41) is 0. The van der Waals surface area contributed by atoms with E-state index in [1.54, 1.807) is 39.3 Å². The van der Waals surface area contributed by atoms with E-state index in [2.05, 4.69) is 0 Å². The minimum absolute atomic E-state index is 0.906. The summed E-state index contributed by atoms with van der Waals surface area (Å²) in [4.78, 5) is 0. The second-order valence-electron chi connectivity index (χ2n) is 19.8. The Kier molecular flexibility index (Phi) is 42.3. The maximum Gasteiger partial charge on any atom is 0.381 e. The first kappa shape index (κ1) is 95.8. The molecule has 85 heteroatoms. The van der Waals surface area contributed by atoms with Gasteiger partial charge >= 0.3 is 293 Å². The molecule has 0 saturated heterocycles. The summed E-state index contributed by atoms with van der Waals surface area (Å²) in [5.41, 5.74) is 0. The van der Waals surface area contributed by atoms with E-state index in [0.29, 0.717) is 0 Å². The summed E-state index contributed by atoms with van der Waals surface area (Å²) in [7, 11) is -183. The van der Waals surface area contributed by atoms with E-state index >= 15 is 0 Å². The Labute approximate surface area is 578 Å². The summed E-state index contributed by atoms with van der Waals surface area (Å²) in [6.07, 6.45) is 0. The molecule has 41 nitrogen and oxygen atoms in total. The fourth-order valence-corrected chi connectivity index (χ4v) is 497. The molecule has 0 heterocycles. The monoisotopic (exact) mass is 2030 g/mol. The van der Waals surface area contributed by atoms with Crippen LogP contribution >= 0.6 is 0 Å². The van der Waals surface area contributed by atoms with Gasteiger partial charge in [-0.3, -0.25) is 0 Å². The van der Waals surface area contributed by atoms with Gasteiger partial charge in [-0.05, 0) is 58.9 Å². The molecule has 0 rings (SSSR count). The predicted octanol–water partition coefficient (Wildman–Crippen LogP) is -17.6. The molecule has 0 N–H and O–H groups in total. The maximum atomic E-state index is 13.0. The van der Waals surface area contributed by atoms with Crippen molar-refractivity contribution in [2.75, 3.05) is 0 Å². The van der Waals surface area contributed by atoms with Gasteiger partial charge in [0.15, 0.2) is 16.6 Å². The predicted molar refractivity (Wildman–Crippen MR) is 342 cm³/mol. The average molecular weight is 2030 g/mol. The van der Waals surface area contributed by atoms with Crippen molar-refractivity contribution >= 4 is 345 Å². The van der Waals surface area contributed by atoms with Crippen LogP contribution in [-0.2, 0) is 182 Å². The van der Waals surface area contributed by atoms with Crippen molar-refractivity contribution in [1.82, 2.24) is 0 Å². The highest BCUT2D eigenvalue weighted by atomic mass is 30.1. The second-order valence-corrected chi connectivity index (χ2v) is 234. The van der Waals surface area contributed by atoms with Gasteiger partial charge in [-0.1, -0.05) is 0 Å². The van der Waals surface area contributed by atoms with Crippen molar-refractivity contribution in [3.05, 3.63) is 0 Å². The van der Waals surface area contributed by atoms with Gasteiger partial charge in [0, 0.05) is 0 Å². The standard InChI is InChI=1S/C9H32O41Si44/c1-53(56(12)59(15)62(18)65(21)68(24)71(27)72(28)70(26)67(23)64(20)61(17)58(14)55(11)52-49-92(2,3)4)48-51-54(10)57(13)60(16)63(19)66(22)69(25)73(29)74(30)75(31)76(32)77(33)78(34)79(35)80(36)81(37)82(38)83(39)84(40)85(41)86(42)87(43)88(44)89(45)90(46)91(47)94(8,9)50-93(5,6)7/h53H,51-52H2,1-9H3. The Balaban J connectivity index is 5.82. The fourth-order valence-electron chi connectivity index (χ4n) is 5.52. The molecule has 0 spiro atoms. The zero-order chi connectivity index (χ0) is 74.6. The van der Waals surface area contributed by atoms with Gasteiger partial charge in [-0.25, -0.2) is 0 Å². The second kappa shape index (κ2) is 41.5. The summed E-state index contributed by atoms with van der Waals surface area (Å²) < 4.78 is 504. The largest absolute Gasteiger partial charge is 0.457 e. The first-order valence-corrected chi connectivity index (χ1v) is 133. The molecule has 490 valence electrons. The molecule has 0 aliphatic rings. The molecule has 0 fully saturated rings. The van der Waals surface area contributed by atoms with E-state index < -0.39 is 345 Å². The smallest absolute Gasteiger partial charge is 0.381 e. The molecular weight excluding hydrogens is 2000 g/mol. The van der Waals surface area contributed by atoms with Crippen molar-refractivity contribution < 1.29 is 182 Å². The zero-order valence-electron chi connectivity index (χ0n) is 48.2. The van der Waals surface area contributed by atoms with Crippen molar-refractivity contribution in [1.29, 1.82) is 0 Å². The third-order valence-corrected chi connectivity index (χ3v) is 341. The lowest BCUT2D eigenvalue weighted by molar-refractivity contribution is 0.530. The van der Waals surface area contributed by atoms with E-state index in [9.17, 15) is 170 Å². The lowest BCUT2D eigenvalue weighted by atomic mass is 11.8. The van der Waals surface area contributed by atoms with Gasteiger partial charge in [-0.2, -0.15) is 0 Å². The fraction of sp³-hybridized carbons (Fsp3) is 1.00. The van der Waals surface area contributed by atoms with Crippen LogP contribution in [0.4, 0.5) is 0 Å². The van der Waals surface area contributed by atoms with Gasteiger partial charge in [0.1, 0.15) is 0 Å². The summed E-state index contributed by atoms with van der Waals surface area (Å²) in [5.74, 6) is 0. The molecule has 0 aromatic heterocycles. The van der Waals surface area contributed by atoms with Crippen LogP contribution in [0.25, 0.3) is 0 Å². The molecule has 0 amide bonds. The molecule has 0 aromatic rings. The number of rotatable bonds is 46. The third-order valence-electron chi connectivity index (χ3n) is 10.1. The van der Waals surface area contributed by atoms with Crippen LogP contribution in [0.15, 0.2) is 0 Å². The van der Waals surface area contributed by atoms with Gasteiger partial charge in [0.05, 0.1) is 0 Å². The van der Waals surface area contributed by atoms with E-state index in [0.717, 1.165) is 6.55 Å². The van der Waals surface area contributed by atoms with E-state index in [-0.39, 0.29) is 0 Å². The molecule has 0 aromatic carbocycles. The van der Waals surface area contributed by atoms with Crippen LogP contribution in [0.1, 0.15) is 0 Å². The molecule has 0 radical (unpaired) electrons. The quantitative estimate of drug-likeness (QED) is 0.0511. The number of hydrogen-bond acceptors (Lipinski definition) is 41. The summed E-state index contributed by atoms with van der Waals surface area (Å²) in [6, 6.07) is 0. The van der Waals surface area contributed by atoms with Crippen molar-refractivity contribution in [2.45, 2.75) is 58.9 Å². The molecule has 0 aliphatic carbocycles. The zero-order valence-corrected chi connectivity index (χ0v) is 93.2. The van der Waals surface area contributed by atoms with Crippen LogP contribution in [0.5, 0.6) is 0 Å². The molecule has 1 unspecified atom stereocenters. The Hall–Kier alpha value is 1.82. The van der Waals surface area contributed by atoms with Crippen LogP contribution in [0.3, 0.4) is 0 Å². The van der Waals surface area contributed by atoms with E-state index in [1.165, 1.54) is 13.1 Å². The van der Waals surface area contributed by atoms with Gasteiger partial charge in [-0.15, -0.1) is 0 Å². The minimum atomic E-state index is -4.76. The minimum Gasteiger partial charge on any atom is -0.457 e. The Bertz CT molecular complexity index is 4010. The van der Waals surface area contributed by atoms with Gasteiger partial charge < -0.3 is 182 Å². The third kappa shape index (κ3) is 27.1. The Morgan fingerprint density at radius 2 is 0.394 bits per heavy atom. The normalized spacial score (nSPS) is 11.4. The van der Waals surface area contributed by atoms with Gasteiger partial charge in [0.2, 0.25) is 35.0 Å². The van der Waals surface area contributed by atoms with Crippen LogP contribution < -0.4 is 0 Å².